The molecule has 3 aliphatic carbocycles. The first-order valence-electron chi connectivity index (χ1n) is 7.99. The molecule has 1 saturated carbocycles. The lowest BCUT2D eigenvalue weighted by Gasteiger charge is -2.41. The number of anilines is 1. The van der Waals surface area contributed by atoms with Crippen LogP contribution in [-0.2, 0) is 14.3 Å². The van der Waals surface area contributed by atoms with Crippen molar-refractivity contribution < 1.29 is 24.2 Å². The molecule has 1 heterocycles. The molecule has 1 fully saturated rings. The van der Waals surface area contributed by atoms with E-state index in [-0.39, 0.29) is 24.3 Å². The third-order valence-corrected chi connectivity index (χ3v) is 5.56. The zero-order valence-electron chi connectivity index (χ0n) is 13.2. The lowest BCUT2D eigenvalue weighted by atomic mass is 9.62. The number of aliphatic carboxylic acids is 1. The Balaban J connectivity index is 1.80. The minimum Gasteiger partial charge on any atom is -0.481 e. The van der Waals surface area contributed by atoms with Crippen molar-refractivity contribution in [2.75, 3.05) is 11.9 Å². The highest BCUT2D eigenvalue weighted by Crippen LogP contribution is 2.45. The van der Waals surface area contributed by atoms with Gasteiger partial charge in [-0.2, -0.15) is 0 Å². The third-order valence-electron chi connectivity index (χ3n) is 4.73. The Morgan fingerprint density at radius 3 is 2.50 bits per heavy atom. The van der Waals surface area contributed by atoms with Gasteiger partial charge >= 0.3 is 11.9 Å². The maximum Gasteiger partial charge on any atom is 0.341 e. The van der Waals surface area contributed by atoms with Crippen LogP contribution in [-0.4, -0.2) is 29.6 Å². The second-order valence-electron chi connectivity index (χ2n) is 6.05. The summed E-state index contributed by atoms with van der Waals surface area (Å²) in [7, 11) is 0. The molecule has 0 aromatic carbocycles. The lowest BCUT2D eigenvalue weighted by molar-refractivity contribution is -0.151. The van der Waals surface area contributed by atoms with Crippen molar-refractivity contribution in [3.8, 4) is 0 Å². The van der Waals surface area contributed by atoms with Gasteiger partial charge in [0.1, 0.15) is 5.00 Å². The monoisotopic (exact) mass is 349 g/mol. The first-order chi connectivity index (χ1) is 11.5. The number of esters is 1. The summed E-state index contributed by atoms with van der Waals surface area (Å²) in [6.07, 6.45) is 5.50. The largest absolute Gasteiger partial charge is 0.481 e. The summed E-state index contributed by atoms with van der Waals surface area (Å²) in [6.45, 7) is 1.96. The van der Waals surface area contributed by atoms with Crippen molar-refractivity contribution in [3.05, 3.63) is 29.2 Å². The standard InChI is InChI=1S/C17H19NO5S/c1-2-23-17(22)11-7-8-24-15(11)18-14(19)12-9-3-5-10(6-4-9)13(12)16(20)21/h3,5,7-10,12-13H,2,4,6H2,1H3,(H,18,19)(H,20,21)/t9-,10-,12+,13-/m0/s1. The van der Waals surface area contributed by atoms with Gasteiger partial charge in [0.25, 0.3) is 0 Å². The molecule has 4 atom stereocenters. The van der Waals surface area contributed by atoms with Gasteiger partial charge in [0.2, 0.25) is 5.91 Å². The van der Waals surface area contributed by atoms with Crippen LogP contribution in [0.2, 0.25) is 0 Å². The molecule has 0 saturated heterocycles. The Morgan fingerprint density at radius 2 is 1.92 bits per heavy atom. The molecule has 1 amide bonds. The van der Waals surface area contributed by atoms with Gasteiger partial charge in [0.15, 0.2) is 0 Å². The zero-order valence-corrected chi connectivity index (χ0v) is 14.0. The van der Waals surface area contributed by atoms with Crippen molar-refractivity contribution in [3.63, 3.8) is 0 Å². The summed E-state index contributed by atoms with van der Waals surface area (Å²) >= 11 is 1.23. The van der Waals surface area contributed by atoms with Gasteiger partial charge in [-0.25, -0.2) is 4.79 Å². The summed E-state index contributed by atoms with van der Waals surface area (Å²) in [4.78, 5) is 36.3. The summed E-state index contributed by atoms with van der Waals surface area (Å²) in [6, 6.07) is 1.60. The first kappa shape index (κ1) is 16.7. The summed E-state index contributed by atoms with van der Waals surface area (Å²) < 4.78 is 4.97. The normalized spacial score (nSPS) is 27.7. The van der Waals surface area contributed by atoms with Crippen LogP contribution < -0.4 is 5.32 Å². The van der Waals surface area contributed by atoms with E-state index in [4.69, 9.17) is 4.74 Å². The number of fused-ring (bicyclic) bond motifs is 2. The summed E-state index contributed by atoms with van der Waals surface area (Å²) in [5, 5.41) is 14.4. The van der Waals surface area contributed by atoms with Crippen LogP contribution in [0.1, 0.15) is 30.1 Å². The van der Waals surface area contributed by atoms with Crippen LogP contribution in [0, 0.1) is 23.7 Å². The molecule has 4 rings (SSSR count). The van der Waals surface area contributed by atoms with Crippen molar-refractivity contribution in [1.29, 1.82) is 0 Å². The number of rotatable bonds is 5. The van der Waals surface area contributed by atoms with Crippen LogP contribution in [0.25, 0.3) is 0 Å². The van der Waals surface area contributed by atoms with Gasteiger partial charge in [-0.3, -0.25) is 9.59 Å². The molecule has 3 aliphatic rings. The molecular weight excluding hydrogens is 330 g/mol. The quantitative estimate of drug-likeness (QED) is 0.630. The molecule has 2 bridgehead atoms. The Bertz CT molecular complexity index is 695. The van der Waals surface area contributed by atoms with Gasteiger partial charge < -0.3 is 15.2 Å². The average Bonchev–Trinajstić information content (AvgIpc) is 3.03. The van der Waals surface area contributed by atoms with Gasteiger partial charge in [-0.05, 0) is 43.0 Å². The molecule has 1 aromatic rings. The van der Waals surface area contributed by atoms with Gasteiger partial charge in [-0.15, -0.1) is 11.3 Å². The Hall–Kier alpha value is -2.15. The first-order valence-corrected chi connectivity index (χ1v) is 8.87. The maximum absolute atomic E-state index is 12.7. The van der Waals surface area contributed by atoms with Crippen molar-refractivity contribution >= 4 is 34.2 Å². The predicted molar refractivity (Wildman–Crippen MR) is 88.9 cm³/mol. The number of thiophene rings is 1. The fourth-order valence-corrected chi connectivity index (χ4v) is 4.44. The minimum atomic E-state index is -0.939. The van der Waals surface area contributed by atoms with Crippen LogP contribution in [0.15, 0.2) is 23.6 Å². The number of hydrogen-bond donors (Lipinski definition) is 2. The second kappa shape index (κ2) is 6.76. The molecule has 0 spiro atoms. The topological polar surface area (TPSA) is 92.7 Å². The Labute approximate surface area is 143 Å². The molecule has 0 aliphatic heterocycles. The average molecular weight is 349 g/mol. The molecule has 0 unspecified atom stereocenters. The number of ether oxygens (including phenoxy) is 1. The molecular formula is C17H19NO5S. The van der Waals surface area contributed by atoms with Crippen LogP contribution in [0.3, 0.4) is 0 Å². The SMILES string of the molecule is CCOC(=O)c1ccsc1NC(=O)[C@H]1[C@@H](C(=O)O)[C@H]2C=C[C@H]1CC2. The highest BCUT2D eigenvalue weighted by molar-refractivity contribution is 7.14. The third kappa shape index (κ3) is 2.96. The maximum atomic E-state index is 12.7. The molecule has 24 heavy (non-hydrogen) atoms. The fourth-order valence-electron chi connectivity index (χ4n) is 3.66. The summed E-state index contributed by atoms with van der Waals surface area (Å²) in [5.41, 5.74) is 0.304. The van der Waals surface area contributed by atoms with E-state index in [2.05, 4.69) is 5.32 Å². The lowest BCUT2D eigenvalue weighted by Crippen LogP contribution is -2.47. The molecule has 1 aromatic heterocycles. The molecule has 0 radical (unpaired) electrons. The van der Waals surface area contributed by atoms with E-state index in [1.807, 2.05) is 12.2 Å². The van der Waals surface area contributed by atoms with Crippen LogP contribution in [0.4, 0.5) is 5.00 Å². The van der Waals surface area contributed by atoms with Gasteiger partial charge in [-0.1, -0.05) is 12.2 Å². The molecule has 128 valence electrons. The number of hydrogen-bond acceptors (Lipinski definition) is 5. The highest BCUT2D eigenvalue weighted by Gasteiger charge is 2.48. The minimum absolute atomic E-state index is 0.0675. The van der Waals surface area contributed by atoms with Crippen molar-refractivity contribution in [2.45, 2.75) is 19.8 Å². The van der Waals surface area contributed by atoms with E-state index < -0.39 is 23.8 Å². The number of carboxylic acid groups (broad SMARTS) is 1. The predicted octanol–water partition coefficient (Wildman–Crippen LogP) is 2.78. The van der Waals surface area contributed by atoms with Crippen LogP contribution >= 0.6 is 11.3 Å². The van der Waals surface area contributed by atoms with Crippen molar-refractivity contribution in [2.24, 2.45) is 23.7 Å². The molecule has 6 nitrogen and oxygen atoms in total. The van der Waals surface area contributed by atoms with Crippen molar-refractivity contribution in [1.82, 2.24) is 0 Å². The number of carbonyl (C=O) groups is 3. The fraction of sp³-hybridized carbons (Fsp3) is 0.471. The smallest absolute Gasteiger partial charge is 0.341 e. The highest BCUT2D eigenvalue weighted by atomic mass is 32.1. The van der Waals surface area contributed by atoms with E-state index in [1.165, 1.54) is 11.3 Å². The van der Waals surface area contributed by atoms with E-state index in [0.29, 0.717) is 10.6 Å². The van der Waals surface area contributed by atoms with Gasteiger partial charge in [0, 0.05) is 0 Å². The van der Waals surface area contributed by atoms with Gasteiger partial charge in [0.05, 0.1) is 24.0 Å². The number of allylic oxidation sites excluding steroid dienone is 2. The number of amides is 1. The van der Waals surface area contributed by atoms with Crippen LogP contribution in [0.5, 0.6) is 0 Å². The summed E-state index contributed by atoms with van der Waals surface area (Å²) in [5.74, 6) is -3.25. The Morgan fingerprint density at radius 1 is 1.25 bits per heavy atom. The van der Waals surface area contributed by atoms with E-state index >= 15 is 0 Å². The number of nitrogens with one attached hydrogen (secondary N) is 1. The van der Waals surface area contributed by atoms with E-state index in [1.54, 1.807) is 18.4 Å². The van der Waals surface area contributed by atoms with E-state index in [0.717, 1.165) is 12.8 Å². The zero-order chi connectivity index (χ0) is 17.3. The molecule has 2 N–H and O–H groups in total. The Kier molecular flexibility index (Phi) is 4.71. The van der Waals surface area contributed by atoms with E-state index in [9.17, 15) is 19.5 Å². The number of carbonyl (C=O) groups excluding carboxylic acids is 2. The number of carboxylic acids is 1. The second-order valence-corrected chi connectivity index (χ2v) is 6.97. The molecule has 7 heteroatoms.